The normalized spacial score (nSPS) is 25.7. The third kappa shape index (κ3) is 4.50. The first-order valence-corrected chi connectivity index (χ1v) is 9.06. The molecule has 0 saturated heterocycles. The summed E-state index contributed by atoms with van der Waals surface area (Å²) in [5.74, 6) is 1.07. The van der Waals surface area contributed by atoms with Crippen molar-refractivity contribution in [3.63, 3.8) is 0 Å². The smallest absolute Gasteiger partial charge is 0.309 e. The molecule has 3 heteroatoms. The van der Waals surface area contributed by atoms with Crippen LogP contribution in [0.1, 0.15) is 51.9 Å². The Morgan fingerprint density at radius 1 is 1.29 bits per heavy atom. The largest absolute Gasteiger partial charge is 0.481 e. The van der Waals surface area contributed by atoms with Gasteiger partial charge in [-0.2, -0.15) is 0 Å². The van der Waals surface area contributed by atoms with Crippen molar-refractivity contribution in [1.29, 1.82) is 0 Å². The van der Waals surface area contributed by atoms with E-state index in [1.165, 1.54) is 17.7 Å². The molecule has 1 saturated carbocycles. The highest BCUT2D eigenvalue weighted by Gasteiger charge is 2.41. The molecule has 0 heterocycles. The molecule has 0 radical (unpaired) electrons. The Balaban J connectivity index is 1.86. The standard InChI is InChI=1S/C18H26O2S/c1-2-6-15-9-11-18(12-10-15,17(19)20)13-14-21-16-7-4-3-5-8-16/h3-5,7-8,15H,2,6,9-14H2,1H3,(H,19,20). The van der Waals surface area contributed by atoms with Gasteiger partial charge >= 0.3 is 5.97 Å². The summed E-state index contributed by atoms with van der Waals surface area (Å²) in [4.78, 5) is 13.0. The minimum Gasteiger partial charge on any atom is -0.481 e. The van der Waals surface area contributed by atoms with E-state index in [1.807, 2.05) is 18.2 Å². The fraction of sp³-hybridized carbons (Fsp3) is 0.611. The van der Waals surface area contributed by atoms with E-state index < -0.39 is 11.4 Å². The zero-order valence-electron chi connectivity index (χ0n) is 12.9. The molecule has 1 aliphatic rings. The lowest BCUT2D eigenvalue weighted by molar-refractivity contribution is -0.151. The maximum atomic E-state index is 11.8. The molecule has 1 aromatic carbocycles. The molecule has 116 valence electrons. The van der Waals surface area contributed by atoms with Gasteiger partial charge in [-0.1, -0.05) is 38.0 Å². The molecule has 21 heavy (non-hydrogen) atoms. The van der Waals surface area contributed by atoms with E-state index in [4.69, 9.17) is 0 Å². The Morgan fingerprint density at radius 2 is 1.95 bits per heavy atom. The Morgan fingerprint density at radius 3 is 2.52 bits per heavy atom. The summed E-state index contributed by atoms with van der Waals surface area (Å²) in [6.45, 7) is 2.22. The minimum atomic E-state index is -0.578. The van der Waals surface area contributed by atoms with Gasteiger partial charge in [0.25, 0.3) is 0 Å². The van der Waals surface area contributed by atoms with Crippen molar-refractivity contribution in [1.82, 2.24) is 0 Å². The number of thioether (sulfide) groups is 1. The third-order valence-corrected chi connectivity index (χ3v) is 5.82. The van der Waals surface area contributed by atoms with Crippen LogP contribution in [0.5, 0.6) is 0 Å². The zero-order chi connectivity index (χ0) is 15.1. The fourth-order valence-corrected chi connectivity index (χ4v) is 4.46. The Hall–Kier alpha value is -0.960. The maximum absolute atomic E-state index is 11.8. The highest BCUT2D eigenvalue weighted by atomic mass is 32.2. The van der Waals surface area contributed by atoms with Gasteiger partial charge in [-0.3, -0.25) is 4.79 Å². The van der Waals surface area contributed by atoms with Crippen LogP contribution >= 0.6 is 11.8 Å². The molecule has 0 atom stereocenters. The molecular weight excluding hydrogens is 280 g/mol. The van der Waals surface area contributed by atoms with Crippen molar-refractivity contribution in [2.24, 2.45) is 11.3 Å². The Bertz CT molecular complexity index is 436. The van der Waals surface area contributed by atoms with Gasteiger partial charge in [0.05, 0.1) is 5.41 Å². The summed E-state index contributed by atoms with van der Waals surface area (Å²) >= 11 is 1.78. The lowest BCUT2D eigenvalue weighted by atomic mass is 9.68. The molecule has 0 aliphatic heterocycles. The monoisotopic (exact) mass is 306 g/mol. The van der Waals surface area contributed by atoms with Gasteiger partial charge in [-0.05, 0) is 55.9 Å². The Labute approximate surface area is 132 Å². The van der Waals surface area contributed by atoms with E-state index in [1.54, 1.807) is 11.8 Å². The number of hydrogen-bond donors (Lipinski definition) is 1. The number of rotatable bonds is 7. The van der Waals surface area contributed by atoms with Gasteiger partial charge in [0.1, 0.15) is 0 Å². The molecule has 0 aromatic heterocycles. The number of hydrogen-bond acceptors (Lipinski definition) is 2. The van der Waals surface area contributed by atoms with Gasteiger partial charge < -0.3 is 5.11 Å². The summed E-state index contributed by atoms with van der Waals surface area (Å²) in [5, 5.41) is 9.69. The number of benzene rings is 1. The van der Waals surface area contributed by atoms with Gasteiger partial charge in [0, 0.05) is 4.90 Å². The molecule has 1 aromatic rings. The van der Waals surface area contributed by atoms with Gasteiger partial charge in [0.15, 0.2) is 0 Å². The van der Waals surface area contributed by atoms with Crippen molar-refractivity contribution >= 4 is 17.7 Å². The molecule has 0 amide bonds. The quantitative estimate of drug-likeness (QED) is 0.701. The molecule has 1 aliphatic carbocycles. The lowest BCUT2D eigenvalue weighted by Gasteiger charge is -2.37. The predicted molar refractivity (Wildman–Crippen MR) is 88.7 cm³/mol. The SMILES string of the molecule is CCCC1CCC(CCSc2ccccc2)(C(=O)O)CC1. The summed E-state index contributed by atoms with van der Waals surface area (Å²) in [5.41, 5.74) is -0.466. The summed E-state index contributed by atoms with van der Waals surface area (Å²) in [6.07, 6.45) is 7.18. The third-order valence-electron chi connectivity index (χ3n) is 4.81. The number of carboxylic acid groups (broad SMARTS) is 1. The van der Waals surface area contributed by atoms with E-state index >= 15 is 0 Å². The number of aliphatic carboxylic acids is 1. The van der Waals surface area contributed by atoms with E-state index in [9.17, 15) is 9.90 Å². The van der Waals surface area contributed by atoms with Crippen LogP contribution in [-0.4, -0.2) is 16.8 Å². The molecule has 0 unspecified atom stereocenters. The average molecular weight is 306 g/mol. The van der Waals surface area contributed by atoms with Crippen LogP contribution in [0, 0.1) is 11.3 Å². The zero-order valence-corrected chi connectivity index (χ0v) is 13.7. The Kier molecular flexibility index (Phi) is 6.16. The highest BCUT2D eigenvalue weighted by Crippen LogP contribution is 2.44. The van der Waals surface area contributed by atoms with Gasteiger partial charge in [-0.25, -0.2) is 0 Å². The average Bonchev–Trinajstić information content (AvgIpc) is 2.50. The summed E-state index contributed by atoms with van der Waals surface area (Å²) in [7, 11) is 0. The van der Waals surface area contributed by atoms with Crippen molar-refractivity contribution in [2.75, 3.05) is 5.75 Å². The minimum absolute atomic E-state index is 0.466. The second-order valence-corrected chi connectivity index (χ2v) is 7.40. The maximum Gasteiger partial charge on any atom is 0.309 e. The molecular formula is C18H26O2S. The van der Waals surface area contributed by atoms with Crippen LogP contribution in [0.15, 0.2) is 35.2 Å². The van der Waals surface area contributed by atoms with E-state index in [2.05, 4.69) is 19.1 Å². The molecule has 2 rings (SSSR count). The van der Waals surface area contributed by atoms with Crippen LogP contribution in [0.3, 0.4) is 0 Å². The van der Waals surface area contributed by atoms with Crippen LogP contribution in [0.2, 0.25) is 0 Å². The van der Waals surface area contributed by atoms with E-state index in [0.717, 1.165) is 43.8 Å². The van der Waals surface area contributed by atoms with Gasteiger partial charge in [-0.15, -0.1) is 11.8 Å². The van der Waals surface area contributed by atoms with Crippen LogP contribution < -0.4 is 0 Å². The number of carbonyl (C=O) groups is 1. The molecule has 0 spiro atoms. The first-order valence-electron chi connectivity index (χ1n) is 8.07. The topological polar surface area (TPSA) is 37.3 Å². The van der Waals surface area contributed by atoms with Crippen molar-refractivity contribution in [3.8, 4) is 0 Å². The second-order valence-electron chi connectivity index (χ2n) is 6.23. The lowest BCUT2D eigenvalue weighted by Crippen LogP contribution is -2.36. The van der Waals surface area contributed by atoms with E-state index in [0.29, 0.717) is 0 Å². The second kappa shape index (κ2) is 7.88. The first-order chi connectivity index (χ1) is 10.2. The molecule has 2 nitrogen and oxygen atoms in total. The molecule has 1 fully saturated rings. The summed E-state index contributed by atoms with van der Waals surface area (Å²) < 4.78 is 0. The molecule has 0 bridgehead atoms. The van der Waals surface area contributed by atoms with E-state index in [-0.39, 0.29) is 0 Å². The predicted octanol–water partition coefficient (Wildman–Crippen LogP) is 5.23. The van der Waals surface area contributed by atoms with Crippen LogP contribution in [-0.2, 0) is 4.79 Å². The van der Waals surface area contributed by atoms with Crippen molar-refractivity contribution < 1.29 is 9.90 Å². The van der Waals surface area contributed by atoms with Crippen LogP contribution in [0.4, 0.5) is 0 Å². The molecule has 1 N–H and O–H groups in total. The summed E-state index contributed by atoms with van der Waals surface area (Å²) in [6, 6.07) is 10.3. The van der Waals surface area contributed by atoms with Crippen molar-refractivity contribution in [3.05, 3.63) is 30.3 Å². The van der Waals surface area contributed by atoms with Crippen LogP contribution in [0.25, 0.3) is 0 Å². The van der Waals surface area contributed by atoms with Crippen molar-refractivity contribution in [2.45, 2.75) is 56.8 Å². The fourth-order valence-electron chi connectivity index (χ4n) is 3.38. The van der Waals surface area contributed by atoms with Gasteiger partial charge in [0.2, 0.25) is 0 Å². The highest BCUT2D eigenvalue weighted by molar-refractivity contribution is 7.99. The number of carboxylic acids is 1. The first kappa shape index (κ1) is 16.4.